The fourth-order valence-corrected chi connectivity index (χ4v) is 4.62. The van der Waals surface area contributed by atoms with Gasteiger partial charge in [0.05, 0.1) is 17.1 Å². The van der Waals surface area contributed by atoms with E-state index in [-0.39, 0.29) is 11.4 Å². The smallest absolute Gasteiger partial charge is 0.262 e. The molecule has 0 amide bonds. The third-order valence-electron chi connectivity index (χ3n) is 4.77. The van der Waals surface area contributed by atoms with Gasteiger partial charge in [0.1, 0.15) is 0 Å². The lowest BCUT2D eigenvalue weighted by Crippen LogP contribution is -2.32. The maximum Gasteiger partial charge on any atom is 0.264 e. The van der Waals surface area contributed by atoms with E-state index in [4.69, 9.17) is 0 Å². The van der Waals surface area contributed by atoms with E-state index in [2.05, 4.69) is 13.2 Å². The van der Waals surface area contributed by atoms with Crippen molar-refractivity contribution in [2.75, 3.05) is 10.8 Å². The Morgan fingerprint density at radius 2 is 1.55 bits per heavy atom. The highest BCUT2D eigenvalue weighted by atomic mass is 32.2. The summed E-state index contributed by atoms with van der Waals surface area (Å²) in [6, 6.07) is 22.5. The zero-order chi connectivity index (χ0) is 21.0. The van der Waals surface area contributed by atoms with Gasteiger partial charge in [-0.25, -0.2) is 8.42 Å². The molecular formula is C25H25NO2S. The number of benzene rings is 3. The van der Waals surface area contributed by atoms with Crippen LogP contribution in [-0.4, -0.2) is 15.0 Å². The Labute approximate surface area is 173 Å². The van der Waals surface area contributed by atoms with Crippen molar-refractivity contribution in [2.24, 2.45) is 0 Å². The second-order valence-corrected chi connectivity index (χ2v) is 8.87. The number of hydrogen-bond donors (Lipinski definition) is 0. The highest BCUT2D eigenvalue weighted by molar-refractivity contribution is 7.92. The molecule has 148 valence electrons. The van der Waals surface area contributed by atoms with Crippen molar-refractivity contribution in [2.45, 2.75) is 18.7 Å². The summed E-state index contributed by atoms with van der Waals surface area (Å²) in [6.07, 6.45) is 1.60. The molecule has 3 nitrogen and oxygen atoms in total. The normalized spacial score (nSPS) is 11.1. The van der Waals surface area contributed by atoms with E-state index in [0.29, 0.717) is 5.69 Å². The molecule has 4 heteroatoms. The van der Waals surface area contributed by atoms with E-state index in [9.17, 15) is 8.42 Å². The summed E-state index contributed by atoms with van der Waals surface area (Å²) < 4.78 is 28.4. The topological polar surface area (TPSA) is 37.4 Å². The molecule has 0 aliphatic heterocycles. The predicted octanol–water partition coefficient (Wildman–Crippen LogP) is 5.75. The molecule has 3 aromatic carbocycles. The number of rotatable bonds is 7. The second kappa shape index (κ2) is 8.50. The first kappa shape index (κ1) is 20.6. The quantitative estimate of drug-likeness (QED) is 0.471. The molecular weight excluding hydrogens is 378 g/mol. The third kappa shape index (κ3) is 4.33. The minimum Gasteiger partial charge on any atom is -0.262 e. The molecule has 0 radical (unpaired) electrons. The number of hydrogen-bond acceptors (Lipinski definition) is 2. The van der Waals surface area contributed by atoms with Crippen LogP contribution >= 0.6 is 0 Å². The summed E-state index contributed by atoms with van der Waals surface area (Å²) in [5.74, 6) is 0. The number of nitrogens with zero attached hydrogens (tertiary/aromatic N) is 1. The lowest BCUT2D eigenvalue weighted by atomic mass is 9.97. The van der Waals surface area contributed by atoms with E-state index >= 15 is 0 Å². The van der Waals surface area contributed by atoms with Crippen LogP contribution in [0.25, 0.3) is 5.57 Å². The minimum atomic E-state index is -3.77. The van der Waals surface area contributed by atoms with Gasteiger partial charge in [0.15, 0.2) is 0 Å². The Balaban J connectivity index is 2.17. The first-order chi connectivity index (χ1) is 13.8. The van der Waals surface area contributed by atoms with Gasteiger partial charge in [0.25, 0.3) is 10.0 Å². The van der Waals surface area contributed by atoms with Crippen molar-refractivity contribution in [1.29, 1.82) is 0 Å². The van der Waals surface area contributed by atoms with Gasteiger partial charge < -0.3 is 0 Å². The third-order valence-corrected chi connectivity index (χ3v) is 6.57. The van der Waals surface area contributed by atoms with Crippen LogP contribution < -0.4 is 4.31 Å². The molecule has 0 aliphatic carbocycles. The van der Waals surface area contributed by atoms with E-state index < -0.39 is 10.0 Å². The highest BCUT2D eigenvalue weighted by Crippen LogP contribution is 2.34. The van der Waals surface area contributed by atoms with Crippen LogP contribution in [0.2, 0.25) is 0 Å². The Hall–Kier alpha value is -3.11. The zero-order valence-electron chi connectivity index (χ0n) is 16.8. The maximum absolute atomic E-state index is 13.5. The molecule has 0 N–H and O–H groups in total. The summed E-state index contributed by atoms with van der Waals surface area (Å²) >= 11 is 0. The van der Waals surface area contributed by atoms with Crippen LogP contribution in [0.5, 0.6) is 0 Å². The summed E-state index contributed by atoms with van der Waals surface area (Å²) in [7, 11) is -3.77. The Morgan fingerprint density at radius 3 is 2.17 bits per heavy atom. The molecule has 0 aliphatic rings. The fraction of sp³-hybridized carbons (Fsp3) is 0.120. The van der Waals surface area contributed by atoms with Crippen LogP contribution in [-0.2, 0) is 10.0 Å². The van der Waals surface area contributed by atoms with Crippen molar-refractivity contribution < 1.29 is 8.42 Å². The Kier molecular flexibility index (Phi) is 6.04. The summed E-state index contributed by atoms with van der Waals surface area (Å²) in [4.78, 5) is 0.253. The molecule has 0 saturated heterocycles. The van der Waals surface area contributed by atoms with E-state index in [1.54, 1.807) is 30.3 Å². The largest absolute Gasteiger partial charge is 0.264 e. The molecule has 0 atom stereocenters. The van der Waals surface area contributed by atoms with Crippen LogP contribution in [0.1, 0.15) is 22.3 Å². The van der Waals surface area contributed by atoms with Crippen molar-refractivity contribution in [1.82, 2.24) is 0 Å². The Bertz CT molecular complexity index is 1130. The standard InChI is InChI=1S/C25H25NO2S/c1-5-17-26(29(27,28)23-14-11-19(2)12-15-23)25-18-20(3)13-16-24(25)21(4)22-9-7-6-8-10-22/h5-16,18H,1,4,17H2,2-3H3. The number of anilines is 1. The average Bonchev–Trinajstić information content (AvgIpc) is 2.72. The SMILES string of the molecule is C=CCN(c1cc(C)ccc1C(=C)c1ccccc1)S(=O)(=O)c1ccc(C)cc1. The van der Waals surface area contributed by atoms with E-state index in [1.165, 1.54) is 4.31 Å². The van der Waals surface area contributed by atoms with E-state index in [0.717, 1.165) is 27.8 Å². The van der Waals surface area contributed by atoms with E-state index in [1.807, 2.05) is 62.4 Å². The summed E-state index contributed by atoms with van der Waals surface area (Å²) in [5.41, 5.74) is 5.07. The van der Waals surface area contributed by atoms with Crippen LogP contribution in [0.4, 0.5) is 5.69 Å². The van der Waals surface area contributed by atoms with Gasteiger partial charge in [-0.15, -0.1) is 6.58 Å². The molecule has 3 rings (SSSR count). The van der Waals surface area contributed by atoms with Gasteiger partial charge in [-0.3, -0.25) is 4.31 Å². The predicted molar refractivity (Wildman–Crippen MR) is 122 cm³/mol. The molecule has 3 aromatic rings. The van der Waals surface area contributed by atoms with Gasteiger partial charge >= 0.3 is 0 Å². The fourth-order valence-electron chi connectivity index (χ4n) is 3.18. The molecule has 0 bridgehead atoms. The maximum atomic E-state index is 13.5. The lowest BCUT2D eigenvalue weighted by Gasteiger charge is -2.27. The minimum absolute atomic E-state index is 0.161. The van der Waals surface area contributed by atoms with Crippen LogP contribution in [0.15, 0.2) is 96.9 Å². The van der Waals surface area contributed by atoms with Gasteiger partial charge in [0.2, 0.25) is 0 Å². The van der Waals surface area contributed by atoms with Gasteiger partial charge in [-0.1, -0.05) is 72.8 Å². The molecule has 0 fully saturated rings. The van der Waals surface area contributed by atoms with Crippen molar-refractivity contribution in [3.8, 4) is 0 Å². The molecule has 0 aromatic heterocycles. The summed E-state index contributed by atoms with van der Waals surface area (Å²) in [5, 5.41) is 0. The molecule has 0 saturated carbocycles. The van der Waals surface area contributed by atoms with Crippen molar-refractivity contribution >= 4 is 21.3 Å². The molecule has 0 heterocycles. The highest BCUT2D eigenvalue weighted by Gasteiger charge is 2.26. The van der Waals surface area contributed by atoms with Crippen LogP contribution in [0.3, 0.4) is 0 Å². The second-order valence-electron chi connectivity index (χ2n) is 7.00. The number of sulfonamides is 1. The summed E-state index contributed by atoms with van der Waals surface area (Å²) in [6.45, 7) is 12.1. The first-order valence-corrected chi connectivity index (χ1v) is 10.8. The molecule has 29 heavy (non-hydrogen) atoms. The van der Waals surface area contributed by atoms with Crippen LogP contribution in [0, 0.1) is 13.8 Å². The lowest BCUT2D eigenvalue weighted by molar-refractivity contribution is 0.593. The zero-order valence-corrected chi connectivity index (χ0v) is 17.6. The average molecular weight is 404 g/mol. The number of aryl methyl sites for hydroxylation is 2. The van der Waals surface area contributed by atoms with Crippen molar-refractivity contribution in [3.63, 3.8) is 0 Å². The molecule has 0 unspecified atom stereocenters. The first-order valence-electron chi connectivity index (χ1n) is 9.40. The van der Waals surface area contributed by atoms with Gasteiger partial charge in [-0.05, 0) is 48.7 Å². The van der Waals surface area contributed by atoms with Crippen molar-refractivity contribution in [3.05, 3.63) is 114 Å². The monoisotopic (exact) mass is 403 g/mol. The van der Waals surface area contributed by atoms with Gasteiger partial charge in [-0.2, -0.15) is 0 Å². The Morgan fingerprint density at radius 1 is 0.931 bits per heavy atom. The van der Waals surface area contributed by atoms with Gasteiger partial charge in [0, 0.05) is 5.56 Å². The molecule has 0 spiro atoms.